The first-order valence-electron chi connectivity index (χ1n) is 7.25. The van der Waals surface area contributed by atoms with Crippen LogP contribution in [0.1, 0.15) is 6.92 Å². The summed E-state index contributed by atoms with van der Waals surface area (Å²) >= 11 is 5.92. The van der Waals surface area contributed by atoms with E-state index < -0.39 is 6.03 Å². The second kappa shape index (κ2) is 8.73. The summed E-state index contributed by atoms with van der Waals surface area (Å²) in [5.41, 5.74) is 0.979. The fourth-order valence-corrected chi connectivity index (χ4v) is 2.02. The Morgan fingerprint density at radius 3 is 2.79 bits per heavy atom. The molecule has 2 rings (SSSR count). The molecule has 0 radical (unpaired) electrons. The van der Waals surface area contributed by atoms with Gasteiger partial charge in [0.2, 0.25) is 5.91 Å². The minimum absolute atomic E-state index is 0.189. The molecule has 0 atom stereocenters. The fraction of sp³-hybridized carbons (Fsp3) is 0.188. The molecule has 1 aromatic heterocycles. The molecular weight excluding hydrogens is 332 g/mol. The van der Waals surface area contributed by atoms with Gasteiger partial charge >= 0.3 is 6.03 Å². The van der Waals surface area contributed by atoms with Gasteiger partial charge in [-0.1, -0.05) is 11.6 Å². The second-order valence-corrected chi connectivity index (χ2v) is 5.11. The lowest BCUT2D eigenvalue weighted by Crippen LogP contribution is -2.35. The molecule has 3 amide bonds. The third kappa shape index (κ3) is 5.44. The number of hydrogen-bond acceptors (Lipinski definition) is 4. The maximum Gasteiger partial charge on any atom is 0.319 e. The summed E-state index contributed by atoms with van der Waals surface area (Å²) in [6.07, 6.45) is 3.11. The van der Waals surface area contributed by atoms with E-state index in [2.05, 4.69) is 20.9 Å². The molecule has 0 aliphatic heterocycles. The number of urea groups is 1. The number of pyridine rings is 1. The highest BCUT2D eigenvalue weighted by molar-refractivity contribution is 6.31. The summed E-state index contributed by atoms with van der Waals surface area (Å²) < 4.78 is 5.41. The van der Waals surface area contributed by atoms with E-state index in [9.17, 15) is 9.59 Å². The number of ether oxygens (including phenoxy) is 1. The van der Waals surface area contributed by atoms with Gasteiger partial charge in [-0.2, -0.15) is 0 Å². The highest BCUT2D eigenvalue weighted by Gasteiger charge is 2.10. The predicted octanol–water partition coefficient (Wildman–Crippen LogP) is 2.89. The van der Waals surface area contributed by atoms with Crippen LogP contribution in [0.3, 0.4) is 0 Å². The van der Waals surface area contributed by atoms with E-state index in [1.54, 1.807) is 36.5 Å². The van der Waals surface area contributed by atoms with Crippen molar-refractivity contribution in [2.75, 3.05) is 23.8 Å². The lowest BCUT2D eigenvalue weighted by atomic mass is 10.3. The first kappa shape index (κ1) is 17.6. The summed E-state index contributed by atoms with van der Waals surface area (Å²) in [7, 11) is 0. The molecular formula is C16H17ClN4O3. The van der Waals surface area contributed by atoms with Crippen LogP contribution in [-0.2, 0) is 4.79 Å². The first-order valence-corrected chi connectivity index (χ1v) is 7.63. The van der Waals surface area contributed by atoms with E-state index in [0.29, 0.717) is 28.8 Å². The van der Waals surface area contributed by atoms with Crippen molar-refractivity contribution in [3.8, 4) is 5.75 Å². The zero-order valence-corrected chi connectivity index (χ0v) is 13.8. The normalized spacial score (nSPS) is 9.92. The van der Waals surface area contributed by atoms with Crippen molar-refractivity contribution in [2.45, 2.75) is 6.92 Å². The number of nitrogens with one attached hydrogen (secondary N) is 3. The van der Waals surface area contributed by atoms with Crippen molar-refractivity contribution < 1.29 is 14.3 Å². The standard InChI is InChI=1S/C16H17ClN4O3/c1-2-24-14-6-5-11(17)8-13(14)21-16(23)19-10-15(22)20-12-4-3-7-18-9-12/h3-9H,2,10H2,1H3,(H,20,22)(H2,19,21,23). The first-order chi connectivity index (χ1) is 11.6. The lowest BCUT2D eigenvalue weighted by molar-refractivity contribution is -0.115. The van der Waals surface area contributed by atoms with E-state index in [-0.39, 0.29) is 12.5 Å². The molecule has 0 spiro atoms. The van der Waals surface area contributed by atoms with Gasteiger partial charge in [0.15, 0.2) is 0 Å². The molecule has 1 aromatic carbocycles. The Kier molecular flexibility index (Phi) is 6.39. The Balaban J connectivity index is 1.87. The molecule has 0 fully saturated rings. The summed E-state index contributed by atoms with van der Waals surface area (Å²) in [5, 5.41) is 8.14. The van der Waals surface area contributed by atoms with Crippen LogP contribution in [0.4, 0.5) is 16.2 Å². The van der Waals surface area contributed by atoms with Gasteiger partial charge in [-0.15, -0.1) is 0 Å². The monoisotopic (exact) mass is 348 g/mol. The molecule has 0 unspecified atom stereocenters. The van der Waals surface area contributed by atoms with E-state index in [1.165, 1.54) is 6.20 Å². The van der Waals surface area contributed by atoms with Crippen molar-refractivity contribution in [3.05, 3.63) is 47.7 Å². The second-order valence-electron chi connectivity index (χ2n) is 4.67. The van der Waals surface area contributed by atoms with Crippen LogP contribution in [0.25, 0.3) is 0 Å². The maximum absolute atomic E-state index is 11.9. The Morgan fingerprint density at radius 2 is 2.08 bits per heavy atom. The molecule has 0 saturated heterocycles. The molecule has 0 aliphatic rings. The topological polar surface area (TPSA) is 92.4 Å². The quantitative estimate of drug-likeness (QED) is 0.748. The van der Waals surface area contributed by atoms with Gasteiger partial charge in [0.25, 0.3) is 0 Å². The summed E-state index contributed by atoms with van der Waals surface area (Å²) in [5.74, 6) is 0.131. The van der Waals surface area contributed by atoms with Gasteiger partial charge < -0.3 is 20.7 Å². The van der Waals surface area contributed by atoms with E-state index in [0.717, 1.165) is 0 Å². The fourth-order valence-electron chi connectivity index (χ4n) is 1.85. The van der Waals surface area contributed by atoms with E-state index >= 15 is 0 Å². The van der Waals surface area contributed by atoms with Crippen molar-refractivity contribution in [1.82, 2.24) is 10.3 Å². The molecule has 0 saturated carbocycles. The van der Waals surface area contributed by atoms with Crippen LogP contribution in [0.2, 0.25) is 5.02 Å². The number of aromatic nitrogens is 1. The number of carbonyl (C=O) groups excluding carboxylic acids is 2. The van der Waals surface area contributed by atoms with Gasteiger partial charge in [-0.3, -0.25) is 9.78 Å². The van der Waals surface area contributed by atoms with Gasteiger partial charge in [0, 0.05) is 11.2 Å². The third-order valence-electron chi connectivity index (χ3n) is 2.84. The van der Waals surface area contributed by atoms with Crippen molar-refractivity contribution in [2.24, 2.45) is 0 Å². The zero-order valence-electron chi connectivity index (χ0n) is 13.0. The molecule has 24 heavy (non-hydrogen) atoms. The third-order valence-corrected chi connectivity index (χ3v) is 3.08. The van der Waals surface area contributed by atoms with Gasteiger partial charge in [-0.25, -0.2) is 4.79 Å². The minimum atomic E-state index is -0.542. The minimum Gasteiger partial charge on any atom is -0.492 e. The van der Waals surface area contributed by atoms with Crippen molar-refractivity contribution in [3.63, 3.8) is 0 Å². The average molecular weight is 349 g/mol. The number of anilines is 2. The smallest absolute Gasteiger partial charge is 0.319 e. The zero-order chi connectivity index (χ0) is 17.4. The van der Waals surface area contributed by atoms with Crippen LogP contribution in [-0.4, -0.2) is 30.1 Å². The number of hydrogen-bond donors (Lipinski definition) is 3. The summed E-state index contributed by atoms with van der Waals surface area (Å²) in [6.45, 7) is 2.10. The predicted molar refractivity (Wildman–Crippen MR) is 92.5 cm³/mol. The Bertz CT molecular complexity index is 710. The van der Waals surface area contributed by atoms with Crippen LogP contribution >= 0.6 is 11.6 Å². The average Bonchev–Trinajstić information content (AvgIpc) is 2.56. The molecule has 126 valence electrons. The highest BCUT2D eigenvalue weighted by atomic mass is 35.5. The van der Waals surface area contributed by atoms with Gasteiger partial charge in [0.1, 0.15) is 5.75 Å². The lowest BCUT2D eigenvalue weighted by Gasteiger charge is -2.12. The molecule has 2 aromatic rings. The molecule has 0 aliphatic carbocycles. The Hall–Kier alpha value is -2.80. The largest absolute Gasteiger partial charge is 0.492 e. The van der Waals surface area contributed by atoms with Crippen LogP contribution in [0.15, 0.2) is 42.7 Å². The van der Waals surface area contributed by atoms with Crippen molar-refractivity contribution in [1.29, 1.82) is 0 Å². The molecule has 7 nitrogen and oxygen atoms in total. The van der Waals surface area contributed by atoms with Gasteiger partial charge in [-0.05, 0) is 37.3 Å². The molecule has 3 N–H and O–H groups in total. The molecule has 8 heteroatoms. The molecule has 0 bridgehead atoms. The maximum atomic E-state index is 11.9. The van der Waals surface area contributed by atoms with Crippen LogP contribution in [0, 0.1) is 0 Å². The summed E-state index contributed by atoms with van der Waals surface area (Å²) in [4.78, 5) is 27.6. The summed E-state index contributed by atoms with van der Waals surface area (Å²) in [6, 6.07) is 7.75. The SMILES string of the molecule is CCOc1ccc(Cl)cc1NC(=O)NCC(=O)Nc1cccnc1. The van der Waals surface area contributed by atoms with Crippen molar-refractivity contribution >= 4 is 34.9 Å². The number of nitrogens with zero attached hydrogens (tertiary/aromatic N) is 1. The van der Waals surface area contributed by atoms with E-state index in [1.807, 2.05) is 6.92 Å². The number of carbonyl (C=O) groups is 2. The van der Waals surface area contributed by atoms with Crippen LogP contribution in [0.5, 0.6) is 5.75 Å². The highest BCUT2D eigenvalue weighted by Crippen LogP contribution is 2.27. The van der Waals surface area contributed by atoms with Gasteiger partial charge in [0.05, 0.1) is 30.7 Å². The van der Waals surface area contributed by atoms with E-state index in [4.69, 9.17) is 16.3 Å². The number of rotatable bonds is 6. The number of benzene rings is 1. The molecule has 1 heterocycles. The number of amides is 3. The Morgan fingerprint density at radius 1 is 1.25 bits per heavy atom. The number of halogens is 1. The van der Waals surface area contributed by atoms with Crippen LogP contribution < -0.4 is 20.7 Å². The Labute approximate surface area is 144 Å².